The number of aryl methyl sites for hydroxylation is 2. The molecule has 6 nitrogen and oxygen atoms in total. The van der Waals surface area contributed by atoms with Crippen molar-refractivity contribution >= 4 is 46.6 Å². The van der Waals surface area contributed by atoms with E-state index < -0.39 is 0 Å². The first-order valence-corrected chi connectivity index (χ1v) is 11.5. The van der Waals surface area contributed by atoms with Gasteiger partial charge >= 0.3 is 0 Å². The molecule has 9 heteroatoms. The Morgan fingerprint density at radius 3 is 2.47 bits per heavy atom. The predicted octanol–water partition coefficient (Wildman–Crippen LogP) is 5.98. The molecule has 2 heterocycles. The number of nitrogens with one attached hydrogen (secondary N) is 1. The van der Waals surface area contributed by atoms with E-state index in [1.807, 2.05) is 30.5 Å². The minimum absolute atomic E-state index is 0.112. The van der Waals surface area contributed by atoms with Crippen molar-refractivity contribution in [1.82, 2.24) is 19.7 Å². The summed E-state index contributed by atoms with van der Waals surface area (Å²) in [5.41, 5.74) is 4.42. The van der Waals surface area contributed by atoms with Gasteiger partial charge in [0.25, 0.3) is 0 Å². The number of carbonyl (C=O) groups is 1. The number of aromatic nitrogens is 4. The molecule has 0 unspecified atom stereocenters. The van der Waals surface area contributed by atoms with E-state index >= 15 is 0 Å². The summed E-state index contributed by atoms with van der Waals surface area (Å²) in [6.07, 6.45) is 3.43. The third-order valence-electron chi connectivity index (χ3n) is 4.74. The molecule has 1 amide bonds. The van der Waals surface area contributed by atoms with Crippen LogP contribution in [-0.2, 0) is 4.79 Å². The van der Waals surface area contributed by atoms with Gasteiger partial charge in [0.2, 0.25) is 5.91 Å². The van der Waals surface area contributed by atoms with Crippen LogP contribution in [0.5, 0.6) is 0 Å². The largest absolute Gasteiger partial charge is 0.323 e. The molecular weight excluding hydrogens is 465 g/mol. The third kappa shape index (κ3) is 4.80. The molecular formula is C23H19Cl2N5OS. The van der Waals surface area contributed by atoms with E-state index in [0.29, 0.717) is 26.7 Å². The van der Waals surface area contributed by atoms with Crippen molar-refractivity contribution in [2.75, 3.05) is 11.1 Å². The van der Waals surface area contributed by atoms with E-state index in [1.165, 1.54) is 11.8 Å². The van der Waals surface area contributed by atoms with Crippen LogP contribution in [0.25, 0.3) is 17.1 Å². The van der Waals surface area contributed by atoms with Gasteiger partial charge in [-0.05, 0) is 55.3 Å². The summed E-state index contributed by atoms with van der Waals surface area (Å²) >= 11 is 13.6. The van der Waals surface area contributed by atoms with Crippen LogP contribution in [0.3, 0.4) is 0 Å². The van der Waals surface area contributed by atoms with Crippen molar-refractivity contribution < 1.29 is 4.79 Å². The van der Waals surface area contributed by atoms with E-state index in [2.05, 4.69) is 38.7 Å². The Morgan fingerprint density at radius 2 is 1.75 bits per heavy atom. The van der Waals surface area contributed by atoms with Crippen molar-refractivity contribution in [2.24, 2.45) is 0 Å². The lowest BCUT2D eigenvalue weighted by atomic mass is 10.1. The van der Waals surface area contributed by atoms with Crippen LogP contribution in [0, 0.1) is 13.8 Å². The number of amides is 1. The number of anilines is 1. The SMILES string of the molecule is Cc1ccc(C)c(-n2c(SCC(=O)Nc3c(Cl)cccc3Cl)nnc2-c2ccncc2)c1. The highest BCUT2D eigenvalue weighted by molar-refractivity contribution is 7.99. The van der Waals surface area contributed by atoms with Gasteiger partial charge in [-0.15, -0.1) is 10.2 Å². The molecule has 4 rings (SSSR count). The van der Waals surface area contributed by atoms with E-state index in [0.717, 1.165) is 22.4 Å². The molecule has 0 aliphatic heterocycles. The Balaban J connectivity index is 1.65. The summed E-state index contributed by atoms with van der Waals surface area (Å²) in [4.78, 5) is 16.7. The Kier molecular flexibility index (Phi) is 6.79. The molecule has 0 atom stereocenters. The number of benzene rings is 2. The fourth-order valence-corrected chi connectivity index (χ4v) is 4.39. The Hall–Kier alpha value is -2.87. The summed E-state index contributed by atoms with van der Waals surface area (Å²) < 4.78 is 1.97. The third-order valence-corrected chi connectivity index (χ3v) is 6.30. The molecule has 0 spiro atoms. The van der Waals surface area contributed by atoms with Crippen molar-refractivity contribution in [2.45, 2.75) is 19.0 Å². The molecule has 32 heavy (non-hydrogen) atoms. The number of pyridine rings is 1. The maximum absolute atomic E-state index is 12.6. The Morgan fingerprint density at radius 1 is 1.03 bits per heavy atom. The standard InChI is InChI=1S/C23H19Cl2N5OS/c1-14-6-7-15(2)19(12-14)30-22(16-8-10-26-11-9-16)28-29-23(30)32-13-20(31)27-21-17(24)4-3-5-18(21)25/h3-12H,13H2,1-2H3,(H,27,31). The normalized spacial score (nSPS) is 10.9. The monoisotopic (exact) mass is 483 g/mol. The van der Waals surface area contributed by atoms with E-state index in [-0.39, 0.29) is 11.7 Å². The minimum atomic E-state index is -0.244. The van der Waals surface area contributed by atoms with Gasteiger partial charge < -0.3 is 5.32 Å². The van der Waals surface area contributed by atoms with Crippen LogP contribution in [0.1, 0.15) is 11.1 Å². The average molecular weight is 484 g/mol. The number of nitrogens with zero attached hydrogens (tertiary/aromatic N) is 4. The number of thioether (sulfide) groups is 1. The van der Waals surface area contributed by atoms with Crippen molar-refractivity contribution in [3.63, 3.8) is 0 Å². The highest BCUT2D eigenvalue weighted by Gasteiger charge is 2.19. The number of hydrogen-bond acceptors (Lipinski definition) is 5. The molecule has 0 saturated heterocycles. The lowest BCUT2D eigenvalue weighted by Gasteiger charge is -2.14. The van der Waals surface area contributed by atoms with Crippen molar-refractivity contribution in [3.8, 4) is 17.1 Å². The summed E-state index contributed by atoms with van der Waals surface area (Å²) in [7, 11) is 0. The first-order valence-electron chi connectivity index (χ1n) is 9.74. The lowest BCUT2D eigenvalue weighted by molar-refractivity contribution is -0.113. The van der Waals surface area contributed by atoms with E-state index in [9.17, 15) is 4.79 Å². The van der Waals surface area contributed by atoms with Gasteiger partial charge in [-0.1, -0.05) is 53.2 Å². The zero-order valence-electron chi connectivity index (χ0n) is 17.3. The molecule has 0 radical (unpaired) electrons. The van der Waals surface area contributed by atoms with Gasteiger partial charge in [0, 0.05) is 18.0 Å². The second-order valence-electron chi connectivity index (χ2n) is 7.10. The molecule has 1 N–H and O–H groups in total. The second-order valence-corrected chi connectivity index (χ2v) is 8.86. The van der Waals surface area contributed by atoms with Gasteiger partial charge in [0.15, 0.2) is 11.0 Å². The minimum Gasteiger partial charge on any atom is -0.323 e. The highest BCUT2D eigenvalue weighted by atomic mass is 35.5. The van der Waals surface area contributed by atoms with Crippen LogP contribution in [0.4, 0.5) is 5.69 Å². The summed E-state index contributed by atoms with van der Waals surface area (Å²) in [6, 6.07) is 15.0. The quantitative estimate of drug-likeness (QED) is 0.341. The predicted molar refractivity (Wildman–Crippen MR) is 130 cm³/mol. The number of hydrogen-bond donors (Lipinski definition) is 1. The molecule has 0 aliphatic rings. The molecule has 0 saturated carbocycles. The van der Waals surface area contributed by atoms with Crippen LogP contribution in [0.2, 0.25) is 10.0 Å². The molecule has 4 aromatic rings. The van der Waals surface area contributed by atoms with Crippen LogP contribution in [0.15, 0.2) is 66.1 Å². The summed E-state index contributed by atoms with van der Waals surface area (Å²) in [5.74, 6) is 0.546. The topological polar surface area (TPSA) is 72.7 Å². The Labute approximate surface area is 200 Å². The van der Waals surface area contributed by atoms with Gasteiger partial charge in [0.1, 0.15) is 0 Å². The van der Waals surface area contributed by atoms with Gasteiger partial charge in [-0.2, -0.15) is 0 Å². The van der Waals surface area contributed by atoms with Gasteiger partial charge in [0.05, 0.1) is 27.2 Å². The van der Waals surface area contributed by atoms with Crippen molar-refractivity contribution in [3.05, 3.63) is 82.1 Å². The van der Waals surface area contributed by atoms with E-state index in [1.54, 1.807) is 30.6 Å². The number of carbonyl (C=O) groups excluding carboxylic acids is 1. The number of halogens is 2. The smallest absolute Gasteiger partial charge is 0.234 e. The molecule has 2 aromatic heterocycles. The zero-order valence-corrected chi connectivity index (χ0v) is 19.7. The first kappa shape index (κ1) is 22.3. The Bertz CT molecular complexity index is 1260. The molecule has 0 aliphatic carbocycles. The molecule has 0 fully saturated rings. The maximum atomic E-state index is 12.6. The zero-order chi connectivity index (χ0) is 22.7. The van der Waals surface area contributed by atoms with Crippen molar-refractivity contribution in [1.29, 1.82) is 0 Å². The fourth-order valence-electron chi connectivity index (χ4n) is 3.15. The van der Waals surface area contributed by atoms with Gasteiger partial charge in [-0.3, -0.25) is 14.3 Å². The molecule has 2 aromatic carbocycles. The van der Waals surface area contributed by atoms with Crippen LogP contribution in [-0.4, -0.2) is 31.4 Å². The number of rotatable bonds is 6. The first-order chi connectivity index (χ1) is 15.4. The number of para-hydroxylation sites is 1. The maximum Gasteiger partial charge on any atom is 0.234 e. The molecule has 0 bridgehead atoms. The highest BCUT2D eigenvalue weighted by Crippen LogP contribution is 2.32. The summed E-state index contributed by atoms with van der Waals surface area (Å²) in [5, 5.41) is 12.9. The lowest BCUT2D eigenvalue weighted by Crippen LogP contribution is -2.15. The van der Waals surface area contributed by atoms with Gasteiger partial charge in [-0.25, -0.2) is 0 Å². The van der Waals surface area contributed by atoms with E-state index in [4.69, 9.17) is 23.2 Å². The second kappa shape index (κ2) is 9.73. The fraction of sp³-hybridized carbons (Fsp3) is 0.130. The van der Waals surface area contributed by atoms with Crippen LogP contribution < -0.4 is 5.32 Å². The van der Waals surface area contributed by atoms with Crippen LogP contribution >= 0.6 is 35.0 Å². The molecule has 162 valence electrons. The average Bonchev–Trinajstić information content (AvgIpc) is 3.21. The summed E-state index contributed by atoms with van der Waals surface area (Å²) in [6.45, 7) is 4.07.